The highest BCUT2D eigenvalue weighted by Gasteiger charge is 2.20. The third kappa shape index (κ3) is 3.03. The van der Waals surface area contributed by atoms with Crippen LogP contribution in [0.2, 0.25) is 0 Å². The smallest absolute Gasteiger partial charge is 0.206 e. The molecule has 3 aromatic rings. The fourth-order valence-corrected chi connectivity index (χ4v) is 5.55. The highest BCUT2D eigenvalue weighted by molar-refractivity contribution is 8.10. The van der Waals surface area contributed by atoms with Gasteiger partial charge in [0.05, 0.1) is 10.3 Å². The fraction of sp³-hybridized carbons (Fsp3) is 0.133. The van der Waals surface area contributed by atoms with Crippen LogP contribution in [0.1, 0.15) is 5.56 Å². The zero-order valence-electron chi connectivity index (χ0n) is 12.1. The molecule has 0 amide bonds. The lowest BCUT2D eigenvalue weighted by atomic mass is 10.2. The number of nitrogens with zero attached hydrogens (tertiary/aromatic N) is 1. The highest BCUT2D eigenvalue weighted by atomic mass is 32.3. The van der Waals surface area contributed by atoms with Gasteiger partial charge in [-0.2, -0.15) is 0 Å². The van der Waals surface area contributed by atoms with Crippen LogP contribution in [0.5, 0.6) is 0 Å². The number of aryl methyl sites for hydroxylation is 2. The molecule has 0 spiro atoms. The molecule has 0 saturated heterocycles. The van der Waals surface area contributed by atoms with E-state index in [1.807, 2.05) is 42.2 Å². The summed E-state index contributed by atoms with van der Waals surface area (Å²) in [7, 11) is -1.56. The van der Waals surface area contributed by atoms with Crippen LogP contribution in [0.15, 0.2) is 57.6 Å². The molecule has 0 atom stereocenters. The number of nitrogens with one attached hydrogen (secondary N) is 1. The largest absolute Gasteiger partial charge is 0.250 e. The van der Waals surface area contributed by atoms with Gasteiger partial charge in [0.2, 0.25) is 15.5 Å². The predicted molar refractivity (Wildman–Crippen MR) is 90.4 cm³/mol. The minimum atomic E-state index is -3.52. The Morgan fingerprint density at radius 2 is 1.77 bits per heavy atom. The Labute approximate surface area is 138 Å². The number of sulfonamides is 1. The first-order valence-electron chi connectivity index (χ1n) is 6.61. The van der Waals surface area contributed by atoms with Crippen LogP contribution in [0, 0.1) is 6.92 Å². The molecular formula is C15H15N2O2S3+. The van der Waals surface area contributed by atoms with Gasteiger partial charge in [-0.25, -0.2) is 8.42 Å². The van der Waals surface area contributed by atoms with Crippen LogP contribution in [0.4, 0.5) is 0 Å². The lowest BCUT2D eigenvalue weighted by Crippen LogP contribution is -2.21. The van der Waals surface area contributed by atoms with Gasteiger partial charge in [-0.05, 0) is 37.1 Å². The highest BCUT2D eigenvalue weighted by Crippen LogP contribution is 2.29. The topological polar surface area (TPSA) is 50.1 Å². The number of rotatable bonds is 4. The van der Waals surface area contributed by atoms with Crippen molar-refractivity contribution in [3.63, 3.8) is 0 Å². The normalized spacial score (nSPS) is 11.9. The summed E-state index contributed by atoms with van der Waals surface area (Å²) in [5.74, 6) is 0. The third-order valence-electron chi connectivity index (χ3n) is 3.26. The minimum absolute atomic E-state index is 0.274. The van der Waals surface area contributed by atoms with Crippen LogP contribution in [0.3, 0.4) is 0 Å². The van der Waals surface area contributed by atoms with E-state index in [2.05, 4.69) is 4.13 Å². The van der Waals surface area contributed by atoms with Gasteiger partial charge in [-0.1, -0.05) is 29.8 Å². The first-order valence-corrected chi connectivity index (χ1v) is 9.68. The Bertz CT molecular complexity index is 916. The van der Waals surface area contributed by atoms with Crippen molar-refractivity contribution in [2.45, 2.75) is 16.0 Å². The molecule has 0 unspecified atom stereocenters. The van der Waals surface area contributed by atoms with Crippen molar-refractivity contribution in [2.75, 3.05) is 0 Å². The van der Waals surface area contributed by atoms with E-state index in [0.717, 1.165) is 32.6 Å². The Balaban J connectivity index is 1.86. The van der Waals surface area contributed by atoms with E-state index < -0.39 is 10.0 Å². The molecule has 0 aliphatic heterocycles. The number of para-hydroxylation sites is 1. The molecule has 0 saturated carbocycles. The van der Waals surface area contributed by atoms with Crippen LogP contribution in [-0.4, -0.2) is 8.42 Å². The van der Waals surface area contributed by atoms with Crippen molar-refractivity contribution < 1.29 is 12.4 Å². The molecule has 3 rings (SSSR count). The molecule has 1 heterocycles. The van der Waals surface area contributed by atoms with Crippen LogP contribution in [-0.2, 0) is 17.1 Å². The van der Waals surface area contributed by atoms with Crippen molar-refractivity contribution in [3.05, 3.63) is 54.1 Å². The number of aromatic nitrogens is 1. The SMILES string of the molecule is Cc1ccc(S(=O)(=O)NSc2s[n+](C)c3ccccc23)cc1. The molecule has 0 radical (unpaired) electrons. The number of fused-ring (bicyclic) bond motifs is 1. The van der Waals surface area contributed by atoms with Crippen molar-refractivity contribution in [1.29, 1.82) is 0 Å². The zero-order chi connectivity index (χ0) is 15.7. The molecule has 4 nitrogen and oxygen atoms in total. The fourth-order valence-electron chi connectivity index (χ4n) is 2.08. The number of hydrogen-bond acceptors (Lipinski definition) is 4. The lowest BCUT2D eigenvalue weighted by Gasteiger charge is -2.04. The summed E-state index contributed by atoms with van der Waals surface area (Å²) in [4.78, 5) is 0.274. The monoisotopic (exact) mass is 351 g/mol. The maximum absolute atomic E-state index is 12.3. The standard InChI is InChI=1S/C15H15N2O2S3/c1-11-7-9-12(10-8-11)22(18,19)16-20-15-13-5-3-4-6-14(13)17(2)21-15/h3-10,16H,1-2H3/q+1. The Hall–Kier alpha value is -1.41. The van der Waals surface area contributed by atoms with E-state index in [0.29, 0.717) is 0 Å². The van der Waals surface area contributed by atoms with Gasteiger partial charge in [0.25, 0.3) is 0 Å². The molecule has 114 valence electrons. The molecule has 2 aromatic carbocycles. The average Bonchev–Trinajstić information content (AvgIpc) is 2.83. The van der Waals surface area contributed by atoms with Gasteiger partial charge >= 0.3 is 0 Å². The quantitative estimate of drug-likeness (QED) is 0.581. The maximum atomic E-state index is 12.3. The first-order chi connectivity index (χ1) is 10.5. The van der Waals surface area contributed by atoms with Crippen molar-refractivity contribution in [1.82, 2.24) is 4.13 Å². The molecule has 7 heteroatoms. The second kappa shape index (κ2) is 6.00. The Morgan fingerprint density at radius 3 is 2.50 bits per heavy atom. The molecule has 1 aromatic heterocycles. The van der Waals surface area contributed by atoms with E-state index in [9.17, 15) is 8.42 Å². The minimum Gasteiger partial charge on any atom is -0.206 e. The summed E-state index contributed by atoms with van der Waals surface area (Å²) < 4.78 is 30.2. The maximum Gasteiger partial charge on any atom is 0.250 e. The summed E-state index contributed by atoms with van der Waals surface area (Å²) in [6.07, 6.45) is 0. The molecular weight excluding hydrogens is 336 g/mol. The van der Waals surface area contributed by atoms with Crippen LogP contribution in [0.25, 0.3) is 10.9 Å². The number of benzene rings is 2. The van der Waals surface area contributed by atoms with Gasteiger partial charge in [0.15, 0.2) is 22.8 Å². The van der Waals surface area contributed by atoms with Crippen LogP contribution < -0.4 is 8.08 Å². The van der Waals surface area contributed by atoms with Gasteiger partial charge < -0.3 is 0 Å². The van der Waals surface area contributed by atoms with E-state index in [4.69, 9.17) is 0 Å². The predicted octanol–water partition coefficient (Wildman–Crippen LogP) is 3.02. The summed E-state index contributed by atoms with van der Waals surface area (Å²) >= 11 is 2.66. The molecule has 22 heavy (non-hydrogen) atoms. The second-order valence-electron chi connectivity index (χ2n) is 4.90. The van der Waals surface area contributed by atoms with Gasteiger partial charge in [0.1, 0.15) is 0 Å². The summed E-state index contributed by atoms with van der Waals surface area (Å²) in [5, 5.41) is 1.05. The van der Waals surface area contributed by atoms with E-state index >= 15 is 0 Å². The molecule has 0 aliphatic carbocycles. The van der Waals surface area contributed by atoms with Crippen molar-refractivity contribution >= 4 is 44.4 Å². The lowest BCUT2D eigenvalue weighted by molar-refractivity contribution is -0.573. The summed E-state index contributed by atoms with van der Waals surface area (Å²) in [6, 6.07) is 14.8. The average molecular weight is 351 g/mol. The van der Waals surface area contributed by atoms with E-state index in [1.165, 1.54) is 11.5 Å². The van der Waals surface area contributed by atoms with Crippen molar-refractivity contribution in [3.8, 4) is 0 Å². The molecule has 0 bridgehead atoms. The Morgan fingerprint density at radius 1 is 1.09 bits per heavy atom. The zero-order valence-corrected chi connectivity index (χ0v) is 14.6. The first kappa shape index (κ1) is 15.5. The molecule has 0 fully saturated rings. The summed E-state index contributed by atoms with van der Waals surface area (Å²) in [6.45, 7) is 1.93. The molecule has 1 N–H and O–H groups in total. The Kier molecular flexibility index (Phi) is 4.22. The summed E-state index contributed by atoms with van der Waals surface area (Å²) in [5.41, 5.74) is 2.12. The van der Waals surface area contributed by atoms with Crippen LogP contribution >= 0.6 is 23.5 Å². The third-order valence-corrected chi connectivity index (χ3v) is 7.10. The van der Waals surface area contributed by atoms with Gasteiger partial charge in [-0.3, -0.25) is 0 Å². The number of hydrogen-bond donors (Lipinski definition) is 1. The van der Waals surface area contributed by atoms with Gasteiger partial charge in [-0.15, -0.1) is 8.08 Å². The van der Waals surface area contributed by atoms with Gasteiger partial charge in [0, 0.05) is 6.07 Å². The second-order valence-corrected chi connectivity index (χ2v) is 9.05. The van der Waals surface area contributed by atoms with Crippen molar-refractivity contribution in [2.24, 2.45) is 7.05 Å². The van der Waals surface area contributed by atoms with E-state index in [-0.39, 0.29) is 4.90 Å². The molecule has 0 aliphatic rings. The van der Waals surface area contributed by atoms with E-state index in [1.54, 1.807) is 24.3 Å².